The van der Waals surface area contributed by atoms with Crippen molar-refractivity contribution >= 4 is 10.8 Å². The van der Waals surface area contributed by atoms with Crippen molar-refractivity contribution in [2.45, 2.75) is 44.4 Å². The number of rotatable bonds is 4. The second-order valence-corrected chi connectivity index (χ2v) is 6.50. The zero-order valence-corrected chi connectivity index (χ0v) is 13.6. The van der Waals surface area contributed by atoms with E-state index in [2.05, 4.69) is 34.6 Å². The summed E-state index contributed by atoms with van der Waals surface area (Å²) in [5.41, 5.74) is 7.83. The fraction of sp³-hybridized carbons (Fsp3) is 0.368. The van der Waals surface area contributed by atoms with Gasteiger partial charge in [-0.05, 0) is 37.1 Å². The molecule has 0 atom stereocenters. The third-order valence-corrected chi connectivity index (χ3v) is 4.74. The Labute approximate surface area is 141 Å². The van der Waals surface area contributed by atoms with Gasteiger partial charge < -0.3 is 10.5 Å². The van der Waals surface area contributed by atoms with Crippen molar-refractivity contribution in [3.8, 4) is 5.69 Å². The molecule has 0 bridgehead atoms. The van der Waals surface area contributed by atoms with Crippen molar-refractivity contribution in [3.05, 3.63) is 54.4 Å². The zero-order valence-electron chi connectivity index (χ0n) is 13.6. The fourth-order valence-electron chi connectivity index (χ4n) is 3.35. The number of nitrogens with two attached hydrogens (primary N) is 1. The first-order chi connectivity index (χ1) is 11.8. The molecule has 2 N–H and O–H groups in total. The number of nitrogens with zero attached hydrogens (tertiary/aromatic N) is 3. The molecular formula is C19H22N4O. The minimum Gasteiger partial charge on any atom is -0.372 e. The van der Waals surface area contributed by atoms with Gasteiger partial charge in [0.2, 0.25) is 0 Å². The maximum Gasteiger partial charge on any atom is 0.109 e. The molecule has 1 heterocycles. The van der Waals surface area contributed by atoms with Gasteiger partial charge in [-0.2, -0.15) is 0 Å². The SMILES string of the molecule is NC1CCC(OCc2cn(-c3cccc4ccccc34)nn2)CC1. The first-order valence-corrected chi connectivity index (χ1v) is 8.56. The van der Waals surface area contributed by atoms with Crippen molar-refractivity contribution in [1.29, 1.82) is 0 Å². The van der Waals surface area contributed by atoms with Gasteiger partial charge in [-0.25, -0.2) is 4.68 Å². The Balaban J connectivity index is 1.48. The van der Waals surface area contributed by atoms with E-state index in [1.54, 1.807) is 0 Å². The van der Waals surface area contributed by atoms with Gasteiger partial charge in [-0.15, -0.1) is 5.10 Å². The van der Waals surface area contributed by atoms with E-state index in [0.717, 1.165) is 37.1 Å². The molecule has 0 amide bonds. The lowest BCUT2D eigenvalue weighted by molar-refractivity contribution is 0.0122. The van der Waals surface area contributed by atoms with Crippen LogP contribution in [0.15, 0.2) is 48.7 Å². The molecule has 5 heteroatoms. The average Bonchev–Trinajstić information content (AvgIpc) is 3.09. The molecule has 1 aliphatic rings. The van der Waals surface area contributed by atoms with Crippen LogP contribution in [0.25, 0.3) is 16.5 Å². The highest BCUT2D eigenvalue weighted by molar-refractivity contribution is 5.89. The number of fused-ring (bicyclic) bond motifs is 1. The molecule has 4 rings (SSSR count). The third kappa shape index (κ3) is 3.18. The lowest BCUT2D eigenvalue weighted by Crippen LogP contribution is -2.30. The summed E-state index contributed by atoms with van der Waals surface area (Å²) in [7, 11) is 0. The van der Waals surface area contributed by atoms with E-state index in [9.17, 15) is 0 Å². The third-order valence-electron chi connectivity index (χ3n) is 4.74. The summed E-state index contributed by atoms with van der Waals surface area (Å²) in [5, 5.41) is 10.9. The Bertz CT molecular complexity index is 816. The first kappa shape index (κ1) is 15.3. The Morgan fingerprint density at radius 2 is 1.83 bits per heavy atom. The molecule has 1 aromatic heterocycles. The van der Waals surface area contributed by atoms with E-state index in [4.69, 9.17) is 10.5 Å². The molecule has 5 nitrogen and oxygen atoms in total. The van der Waals surface area contributed by atoms with Crippen LogP contribution in [0.2, 0.25) is 0 Å². The number of hydrogen-bond acceptors (Lipinski definition) is 4. The van der Waals surface area contributed by atoms with E-state index in [-0.39, 0.29) is 0 Å². The molecular weight excluding hydrogens is 300 g/mol. The second kappa shape index (κ2) is 6.71. The predicted octanol–water partition coefficient (Wildman–Crippen LogP) is 3.21. The minimum absolute atomic E-state index is 0.299. The van der Waals surface area contributed by atoms with Gasteiger partial charge in [0.25, 0.3) is 0 Å². The number of aromatic nitrogens is 3. The average molecular weight is 322 g/mol. The number of benzene rings is 2. The number of ether oxygens (including phenoxy) is 1. The van der Waals surface area contributed by atoms with E-state index >= 15 is 0 Å². The van der Waals surface area contributed by atoms with Gasteiger partial charge >= 0.3 is 0 Å². The van der Waals surface area contributed by atoms with Crippen molar-refractivity contribution < 1.29 is 4.74 Å². The van der Waals surface area contributed by atoms with Crippen LogP contribution in [0.5, 0.6) is 0 Å². The van der Waals surface area contributed by atoms with Crippen LogP contribution >= 0.6 is 0 Å². The molecule has 3 aromatic rings. The Kier molecular flexibility index (Phi) is 4.28. The van der Waals surface area contributed by atoms with E-state index < -0.39 is 0 Å². The molecule has 1 saturated carbocycles. The Hall–Kier alpha value is -2.24. The minimum atomic E-state index is 0.299. The summed E-state index contributed by atoms with van der Waals surface area (Å²) in [6, 6.07) is 14.8. The van der Waals surface area contributed by atoms with Crippen LogP contribution in [0.1, 0.15) is 31.4 Å². The summed E-state index contributed by atoms with van der Waals surface area (Å²) < 4.78 is 7.81. The highest BCUT2D eigenvalue weighted by Gasteiger charge is 2.19. The van der Waals surface area contributed by atoms with Crippen LogP contribution in [0.3, 0.4) is 0 Å². The van der Waals surface area contributed by atoms with Crippen molar-refractivity contribution in [1.82, 2.24) is 15.0 Å². The van der Waals surface area contributed by atoms with Crippen molar-refractivity contribution in [3.63, 3.8) is 0 Å². The standard InChI is InChI=1S/C19H22N4O/c20-15-8-10-17(11-9-15)24-13-16-12-23(22-21-16)19-7-3-5-14-4-1-2-6-18(14)19/h1-7,12,15,17H,8-11,13,20H2. The monoisotopic (exact) mass is 322 g/mol. The first-order valence-electron chi connectivity index (χ1n) is 8.56. The Morgan fingerprint density at radius 1 is 1.04 bits per heavy atom. The van der Waals surface area contributed by atoms with Gasteiger partial charge in [0, 0.05) is 11.4 Å². The quantitative estimate of drug-likeness (QED) is 0.801. The second-order valence-electron chi connectivity index (χ2n) is 6.50. The molecule has 0 aliphatic heterocycles. The maximum atomic E-state index is 5.98. The summed E-state index contributed by atoms with van der Waals surface area (Å²) in [5.74, 6) is 0. The smallest absolute Gasteiger partial charge is 0.109 e. The highest BCUT2D eigenvalue weighted by atomic mass is 16.5. The van der Waals surface area contributed by atoms with E-state index in [0.29, 0.717) is 18.8 Å². The van der Waals surface area contributed by atoms with Crippen LogP contribution in [0, 0.1) is 0 Å². The van der Waals surface area contributed by atoms with Gasteiger partial charge in [0.05, 0.1) is 24.6 Å². The van der Waals surface area contributed by atoms with Crippen LogP contribution in [-0.4, -0.2) is 27.1 Å². The molecule has 0 radical (unpaired) electrons. The molecule has 0 unspecified atom stereocenters. The fourth-order valence-corrected chi connectivity index (χ4v) is 3.35. The molecule has 1 fully saturated rings. The Morgan fingerprint density at radius 3 is 2.71 bits per heavy atom. The predicted molar refractivity (Wildman–Crippen MR) is 93.9 cm³/mol. The largest absolute Gasteiger partial charge is 0.372 e. The number of hydrogen-bond donors (Lipinski definition) is 1. The van der Waals surface area contributed by atoms with Gasteiger partial charge in [0.1, 0.15) is 5.69 Å². The molecule has 1 aliphatic carbocycles. The normalized spacial score (nSPS) is 21.2. The molecule has 2 aromatic carbocycles. The summed E-state index contributed by atoms with van der Waals surface area (Å²) in [4.78, 5) is 0. The highest BCUT2D eigenvalue weighted by Crippen LogP contribution is 2.23. The van der Waals surface area contributed by atoms with Crippen LogP contribution < -0.4 is 5.73 Å². The van der Waals surface area contributed by atoms with Crippen molar-refractivity contribution in [2.24, 2.45) is 5.73 Å². The summed E-state index contributed by atoms with van der Waals surface area (Å²) >= 11 is 0. The van der Waals surface area contributed by atoms with Crippen molar-refractivity contribution in [2.75, 3.05) is 0 Å². The van der Waals surface area contributed by atoms with E-state index in [1.165, 1.54) is 10.8 Å². The van der Waals surface area contributed by atoms with Gasteiger partial charge in [-0.3, -0.25) is 0 Å². The molecule has 124 valence electrons. The maximum absolute atomic E-state index is 5.98. The van der Waals surface area contributed by atoms with Gasteiger partial charge in [0.15, 0.2) is 0 Å². The van der Waals surface area contributed by atoms with E-state index in [1.807, 2.05) is 29.1 Å². The lowest BCUT2D eigenvalue weighted by atomic mass is 9.94. The molecule has 0 spiro atoms. The van der Waals surface area contributed by atoms with Crippen LogP contribution in [0.4, 0.5) is 0 Å². The molecule has 24 heavy (non-hydrogen) atoms. The zero-order chi connectivity index (χ0) is 16.4. The van der Waals surface area contributed by atoms with Crippen LogP contribution in [-0.2, 0) is 11.3 Å². The molecule has 0 saturated heterocycles. The van der Waals surface area contributed by atoms with Gasteiger partial charge in [-0.1, -0.05) is 41.6 Å². The topological polar surface area (TPSA) is 66.0 Å². The lowest BCUT2D eigenvalue weighted by Gasteiger charge is -2.25. The summed E-state index contributed by atoms with van der Waals surface area (Å²) in [6.45, 7) is 0.505. The summed E-state index contributed by atoms with van der Waals surface area (Å²) in [6.07, 6.45) is 6.43.